The van der Waals surface area contributed by atoms with Crippen LogP contribution < -0.4 is 10.9 Å². The number of nitrogens with one attached hydrogen (secondary N) is 1. The van der Waals surface area contributed by atoms with Crippen molar-refractivity contribution < 1.29 is 9.53 Å². The van der Waals surface area contributed by atoms with Crippen LogP contribution in [0.15, 0.2) is 71.9 Å². The summed E-state index contributed by atoms with van der Waals surface area (Å²) in [5.41, 5.74) is 3.44. The van der Waals surface area contributed by atoms with E-state index in [4.69, 9.17) is 10.00 Å². The number of ether oxygens (including phenoxy) is 1. The zero-order valence-corrected chi connectivity index (χ0v) is 17.5. The number of carbonyl (C=O) groups excluding carboxylic acids is 1. The highest BCUT2D eigenvalue weighted by molar-refractivity contribution is 5.95. The molecule has 0 saturated carbocycles. The van der Waals surface area contributed by atoms with E-state index in [0.717, 1.165) is 11.1 Å². The van der Waals surface area contributed by atoms with Crippen molar-refractivity contribution in [2.45, 2.75) is 13.1 Å². The van der Waals surface area contributed by atoms with Crippen LogP contribution in [0.2, 0.25) is 0 Å². The number of hydrogen-bond acceptors (Lipinski definition) is 5. The molecule has 0 aliphatic rings. The molecule has 4 aromatic rings. The lowest BCUT2D eigenvalue weighted by atomic mass is 10.1. The Hall–Kier alpha value is -4.22. The van der Waals surface area contributed by atoms with Crippen molar-refractivity contribution in [2.75, 3.05) is 19.0 Å². The first kappa shape index (κ1) is 21.0. The Morgan fingerprint density at radius 1 is 1.12 bits per heavy atom. The Bertz CT molecular complexity index is 1350. The summed E-state index contributed by atoms with van der Waals surface area (Å²) in [6.45, 7) is 0.675. The Morgan fingerprint density at radius 2 is 1.88 bits per heavy atom. The molecule has 0 atom stereocenters. The minimum Gasteiger partial charge on any atom is -0.383 e. The normalized spacial score (nSPS) is 10.8. The average molecular weight is 427 g/mol. The number of nitrogens with zero attached hydrogens (tertiary/aromatic N) is 4. The molecule has 0 spiro atoms. The van der Waals surface area contributed by atoms with Crippen LogP contribution in [-0.4, -0.2) is 33.7 Å². The lowest BCUT2D eigenvalue weighted by Gasteiger charge is -2.09. The molecule has 0 radical (unpaired) electrons. The molecular formula is C24H21N5O3. The number of nitriles is 1. The van der Waals surface area contributed by atoms with Crippen LogP contribution in [0.4, 0.5) is 5.69 Å². The van der Waals surface area contributed by atoms with Crippen LogP contribution in [0.1, 0.15) is 5.56 Å². The van der Waals surface area contributed by atoms with Gasteiger partial charge in [0.05, 0.1) is 31.1 Å². The lowest BCUT2D eigenvalue weighted by molar-refractivity contribution is -0.116. The summed E-state index contributed by atoms with van der Waals surface area (Å²) in [6, 6.07) is 18.3. The maximum absolute atomic E-state index is 13.2. The molecule has 8 nitrogen and oxygen atoms in total. The van der Waals surface area contributed by atoms with E-state index in [0.29, 0.717) is 35.4 Å². The summed E-state index contributed by atoms with van der Waals surface area (Å²) in [4.78, 5) is 30.5. The fourth-order valence-electron chi connectivity index (χ4n) is 3.50. The number of aromatic nitrogens is 3. The van der Waals surface area contributed by atoms with Gasteiger partial charge in [-0.15, -0.1) is 0 Å². The molecule has 160 valence electrons. The zero-order chi connectivity index (χ0) is 22.5. The van der Waals surface area contributed by atoms with E-state index < -0.39 is 0 Å². The number of amides is 1. The van der Waals surface area contributed by atoms with Crippen molar-refractivity contribution in [2.24, 2.45) is 0 Å². The Labute approximate surface area is 184 Å². The maximum atomic E-state index is 13.2. The van der Waals surface area contributed by atoms with Crippen LogP contribution in [0.3, 0.4) is 0 Å². The molecule has 1 N–H and O–H groups in total. The highest BCUT2D eigenvalue weighted by Gasteiger charge is 2.18. The molecule has 0 aliphatic carbocycles. The van der Waals surface area contributed by atoms with E-state index in [1.165, 1.54) is 10.9 Å². The predicted octanol–water partition coefficient (Wildman–Crippen LogP) is 3.02. The third-order valence-electron chi connectivity index (χ3n) is 5.07. The first-order chi connectivity index (χ1) is 15.6. The molecule has 8 heteroatoms. The predicted molar refractivity (Wildman–Crippen MR) is 121 cm³/mol. The maximum Gasteiger partial charge on any atom is 0.277 e. The van der Waals surface area contributed by atoms with Gasteiger partial charge in [-0.1, -0.05) is 30.3 Å². The summed E-state index contributed by atoms with van der Waals surface area (Å²) in [5.74, 6) is -0.294. The summed E-state index contributed by atoms with van der Waals surface area (Å²) in [6.07, 6.45) is 3.30. The molecule has 32 heavy (non-hydrogen) atoms. The van der Waals surface area contributed by atoms with Crippen molar-refractivity contribution in [1.82, 2.24) is 14.1 Å². The molecule has 0 unspecified atom stereocenters. The van der Waals surface area contributed by atoms with Gasteiger partial charge in [0.15, 0.2) is 0 Å². The standard InChI is InChI=1S/C24H21N5O3/c1-32-12-11-28-16-26-22-20(18-5-3-2-4-6-18)14-29(23(22)24(28)31)15-21(30)27-19-9-7-17(13-25)8-10-19/h2-10,14,16H,11-12,15H2,1H3,(H,27,30). The molecule has 2 heterocycles. The Kier molecular flexibility index (Phi) is 6.10. The average Bonchev–Trinajstić information content (AvgIpc) is 3.18. The lowest BCUT2D eigenvalue weighted by Crippen LogP contribution is -2.26. The second kappa shape index (κ2) is 9.29. The monoisotopic (exact) mass is 427 g/mol. The van der Waals surface area contributed by atoms with Crippen LogP contribution in [0, 0.1) is 11.3 Å². The Balaban J connectivity index is 1.72. The second-order valence-corrected chi connectivity index (χ2v) is 7.21. The quantitative estimate of drug-likeness (QED) is 0.488. The van der Waals surface area contributed by atoms with E-state index >= 15 is 0 Å². The molecule has 4 rings (SSSR count). The number of benzene rings is 2. The number of fused-ring (bicyclic) bond motifs is 1. The molecule has 0 bridgehead atoms. The molecule has 2 aromatic heterocycles. The topological polar surface area (TPSA) is 102 Å². The summed E-state index contributed by atoms with van der Waals surface area (Å²) in [5, 5.41) is 11.7. The fourth-order valence-corrected chi connectivity index (χ4v) is 3.50. The van der Waals surface area contributed by atoms with Crippen molar-refractivity contribution in [1.29, 1.82) is 5.26 Å². The Morgan fingerprint density at radius 3 is 2.56 bits per heavy atom. The number of carbonyl (C=O) groups is 1. The minimum atomic E-state index is -0.294. The van der Waals surface area contributed by atoms with Crippen LogP contribution in [-0.2, 0) is 22.6 Å². The van der Waals surface area contributed by atoms with Crippen molar-refractivity contribution in [3.63, 3.8) is 0 Å². The SMILES string of the molecule is COCCn1cnc2c(-c3ccccc3)cn(CC(=O)Nc3ccc(C#N)cc3)c2c1=O. The second-order valence-electron chi connectivity index (χ2n) is 7.21. The van der Waals surface area contributed by atoms with Gasteiger partial charge in [0.2, 0.25) is 5.91 Å². The van der Waals surface area contributed by atoms with E-state index in [2.05, 4.69) is 10.3 Å². The van der Waals surface area contributed by atoms with E-state index in [1.54, 1.807) is 42.1 Å². The first-order valence-electron chi connectivity index (χ1n) is 10.0. The van der Waals surface area contributed by atoms with Gasteiger partial charge in [0.1, 0.15) is 17.6 Å². The highest BCUT2D eigenvalue weighted by Crippen LogP contribution is 2.27. The van der Waals surface area contributed by atoms with Gasteiger partial charge in [-0.3, -0.25) is 14.2 Å². The van der Waals surface area contributed by atoms with Crippen LogP contribution in [0.25, 0.3) is 22.2 Å². The van der Waals surface area contributed by atoms with Gasteiger partial charge < -0.3 is 14.6 Å². The van der Waals surface area contributed by atoms with Crippen LogP contribution >= 0.6 is 0 Å². The van der Waals surface area contributed by atoms with Crippen molar-refractivity contribution in [3.05, 3.63) is 83.0 Å². The van der Waals surface area contributed by atoms with Crippen molar-refractivity contribution >= 4 is 22.6 Å². The fraction of sp³-hybridized carbons (Fsp3) is 0.167. The molecule has 0 aliphatic heterocycles. The van der Waals surface area contributed by atoms with Gasteiger partial charge in [-0.05, 0) is 29.8 Å². The largest absolute Gasteiger partial charge is 0.383 e. The van der Waals surface area contributed by atoms with E-state index in [9.17, 15) is 9.59 Å². The van der Waals surface area contributed by atoms with Gasteiger partial charge in [-0.2, -0.15) is 5.26 Å². The minimum absolute atomic E-state index is 0.0610. The third kappa shape index (κ3) is 4.29. The number of anilines is 1. The van der Waals surface area contributed by atoms with E-state index in [-0.39, 0.29) is 18.0 Å². The molecule has 2 aromatic carbocycles. The van der Waals surface area contributed by atoms with Gasteiger partial charge in [-0.25, -0.2) is 4.98 Å². The number of rotatable bonds is 7. The number of hydrogen-bond donors (Lipinski definition) is 1. The van der Waals surface area contributed by atoms with E-state index in [1.807, 2.05) is 36.4 Å². The molecule has 0 fully saturated rings. The van der Waals surface area contributed by atoms with Gasteiger partial charge >= 0.3 is 0 Å². The number of methoxy groups -OCH3 is 1. The summed E-state index contributed by atoms with van der Waals surface area (Å²) < 4.78 is 8.20. The molecular weight excluding hydrogens is 406 g/mol. The smallest absolute Gasteiger partial charge is 0.277 e. The summed E-state index contributed by atoms with van der Waals surface area (Å²) >= 11 is 0. The van der Waals surface area contributed by atoms with Crippen LogP contribution in [0.5, 0.6) is 0 Å². The summed E-state index contributed by atoms with van der Waals surface area (Å²) in [7, 11) is 1.57. The zero-order valence-electron chi connectivity index (χ0n) is 17.5. The first-order valence-corrected chi connectivity index (χ1v) is 10.0. The molecule has 1 amide bonds. The van der Waals surface area contributed by atoms with Gasteiger partial charge in [0, 0.05) is 24.6 Å². The van der Waals surface area contributed by atoms with Gasteiger partial charge in [0.25, 0.3) is 5.56 Å². The van der Waals surface area contributed by atoms with Crippen molar-refractivity contribution in [3.8, 4) is 17.2 Å². The molecule has 0 saturated heterocycles. The highest BCUT2D eigenvalue weighted by atomic mass is 16.5. The third-order valence-corrected chi connectivity index (χ3v) is 5.07.